The molecule has 2 heterocycles. The summed E-state index contributed by atoms with van der Waals surface area (Å²) in [6.07, 6.45) is 1.69. The Labute approximate surface area is 244 Å². The van der Waals surface area contributed by atoms with Crippen LogP contribution in [-0.4, -0.2) is 30.9 Å². The highest BCUT2D eigenvalue weighted by molar-refractivity contribution is 7.07. The van der Waals surface area contributed by atoms with Gasteiger partial charge in [-0.25, -0.2) is 9.79 Å². The number of thiazole rings is 1. The van der Waals surface area contributed by atoms with E-state index in [0.29, 0.717) is 26.3 Å². The number of esters is 1. The summed E-state index contributed by atoms with van der Waals surface area (Å²) >= 11 is 7.64. The van der Waals surface area contributed by atoms with E-state index in [1.807, 2.05) is 66.7 Å². The third-order valence-corrected chi connectivity index (χ3v) is 7.58. The predicted octanol–water partition coefficient (Wildman–Crippen LogP) is 4.50. The van der Waals surface area contributed by atoms with Crippen LogP contribution in [0.1, 0.15) is 29.7 Å². The van der Waals surface area contributed by atoms with Gasteiger partial charge in [0.1, 0.15) is 6.07 Å². The molecule has 8 nitrogen and oxygen atoms in total. The number of hydrogen-bond acceptors (Lipinski definition) is 8. The van der Waals surface area contributed by atoms with E-state index in [4.69, 9.17) is 36.1 Å². The first-order valence-corrected chi connectivity index (χ1v) is 13.9. The Balaban J connectivity index is 1.76. The van der Waals surface area contributed by atoms with Crippen molar-refractivity contribution in [3.8, 4) is 17.6 Å². The Hall–Kier alpha value is -4.65. The predicted molar refractivity (Wildman–Crippen MR) is 157 cm³/mol. The minimum atomic E-state index is -0.760. The number of nitrogens with zero attached hydrogens (tertiary/aromatic N) is 3. The summed E-state index contributed by atoms with van der Waals surface area (Å²) in [7, 11) is 1.46. The molecule has 0 saturated heterocycles. The number of nitriles is 1. The molecule has 0 amide bonds. The summed E-state index contributed by atoms with van der Waals surface area (Å²) in [5.74, 6) is 0.0256. The molecule has 0 radical (unpaired) electrons. The molecule has 0 saturated carbocycles. The lowest BCUT2D eigenvalue weighted by atomic mass is 9.93. The van der Waals surface area contributed by atoms with Crippen LogP contribution in [-0.2, 0) is 9.53 Å². The number of methoxy groups -OCH3 is 1. The second-order valence-corrected chi connectivity index (χ2v) is 10.2. The fourth-order valence-electron chi connectivity index (χ4n) is 4.61. The van der Waals surface area contributed by atoms with Crippen LogP contribution in [0.2, 0.25) is 5.02 Å². The zero-order chi connectivity index (χ0) is 28.9. The molecule has 1 aliphatic heterocycles. The van der Waals surface area contributed by atoms with Gasteiger partial charge in [0.2, 0.25) is 0 Å². The molecule has 5 rings (SSSR count). The summed E-state index contributed by atoms with van der Waals surface area (Å²) in [6.45, 7) is 1.72. The molecule has 0 spiro atoms. The van der Waals surface area contributed by atoms with Crippen LogP contribution in [0.4, 0.5) is 0 Å². The van der Waals surface area contributed by atoms with Crippen LogP contribution < -0.4 is 24.4 Å². The van der Waals surface area contributed by atoms with E-state index in [1.165, 1.54) is 23.0 Å². The van der Waals surface area contributed by atoms with Gasteiger partial charge in [-0.3, -0.25) is 9.36 Å². The number of benzene rings is 3. The average molecular weight is 586 g/mol. The second kappa shape index (κ2) is 12.3. The van der Waals surface area contributed by atoms with E-state index in [1.54, 1.807) is 25.1 Å². The Morgan fingerprint density at radius 3 is 2.51 bits per heavy atom. The molecule has 0 N–H and O–H groups in total. The Bertz CT molecular complexity index is 1860. The van der Waals surface area contributed by atoms with E-state index in [-0.39, 0.29) is 35.1 Å². The van der Waals surface area contributed by atoms with Gasteiger partial charge >= 0.3 is 5.97 Å². The molecule has 206 valence electrons. The summed E-state index contributed by atoms with van der Waals surface area (Å²) < 4.78 is 18.2. The van der Waals surface area contributed by atoms with Gasteiger partial charge < -0.3 is 14.2 Å². The van der Waals surface area contributed by atoms with Crippen LogP contribution in [0.5, 0.6) is 11.5 Å². The summed E-state index contributed by atoms with van der Waals surface area (Å²) in [6, 6.07) is 23.2. The van der Waals surface area contributed by atoms with E-state index in [9.17, 15) is 9.59 Å². The molecular weight excluding hydrogens is 562 g/mol. The second-order valence-electron chi connectivity index (χ2n) is 8.82. The maximum Gasteiger partial charge on any atom is 0.338 e. The van der Waals surface area contributed by atoms with E-state index in [0.717, 1.165) is 11.1 Å². The van der Waals surface area contributed by atoms with Gasteiger partial charge in [-0.1, -0.05) is 83.6 Å². The van der Waals surface area contributed by atoms with Gasteiger partial charge in [0.05, 0.1) is 40.6 Å². The number of carbonyl (C=O) groups excluding carboxylic acids is 1. The average Bonchev–Trinajstić information content (AvgIpc) is 3.30. The van der Waals surface area contributed by atoms with Crippen LogP contribution in [0.25, 0.3) is 11.8 Å². The zero-order valence-electron chi connectivity index (χ0n) is 22.2. The highest BCUT2D eigenvalue weighted by Gasteiger charge is 2.35. The van der Waals surface area contributed by atoms with E-state index < -0.39 is 12.0 Å². The van der Waals surface area contributed by atoms with Crippen molar-refractivity contribution >= 4 is 40.7 Å². The SMILES string of the molecule is CCOC(=O)C1=C(c2ccccc2)N=c2s/c(=C\c3cc(Cl)c(OCC#N)c(OC)c3)c(=O)n2[C@@H]1c1ccccc1. The number of ether oxygens (including phenoxy) is 3. The third-order valence-electron chi connectivity index (χ3n) is 6.32. The Morgan fingerprint density at radius 2 is 1.85 bits per heavy atom. The lowest BCUT2D eigenvalue weighted by Crippen LogP contribution is -2.39. The number of aromatic nitrogens is 1. The van der Waals surface area contributed by atoms with Crippen molar-refractivity contribution in [3.63, 3.8) is 0 Å². The van der Waals surface area contributed by atoms with Gasteiger partial charge in [0, 0.05) is 5.56 Å². The van der Waals surface area contributed by atoms with Crippen LogP contribution in [0, 0.1) is 11.3 Å². The minimum absolute atomic E-state index is 0.174. The van der Waals surface area contributed by atoms with E-state index >= 15 is 0 Å². The third kappa shape index (κ3) is 5.53. The lowest BCUT2D eigenvalue weighted by Gasteiger charge is -2.25. The first-order valence-electron chi connectivity index (χ1n) is 12.7. The first-order chi connectivity index (χ1) is 20.0. The molecule has 41 heavy (non-hydrogen) atoms. The maximum atomic E-state index is 14.0. The van der Waals surface area contributed by atoms with Crippen molar-refractivity contribution < 1.29 is 19.0 Å². The van der Waals surface area contributed by atoms with Crippen molar-refractivity contribution in [1.29, 1.82) is 5.26 Å². The largest absolute Gasteiger partial charge is 0.493 e. The van der Waals surface area contributed by atoms with E-state index in [2.05, 4.69) is 0 Å². The minimum Gasteiger partial charge on any atom is -0.493 e. The van der Waals surface area contributed by atoms with Gasteiger partial charge in [-0.15, -0.1) is 0 Å². The fraction of sp³-hybridized carbons (Fsp3) is 0.161. The van der Waals surface area contributed by atoms with Crippen molar-refractivity contribution in [2.24, 2.45) is 4.99 Å². The fourth-order valence-corrected chi connectivity index (χ4v) is 5.88. The van der Waals surface area contributed by atoms with Gasteiger partial charge in [0.15, 0.2) is 22.9 Å². The molecule has 0 unspecified atom stereocenters. The quantitative estimate of drug-likeness (QED) is 0.282. The smallest absolute Gasteiger partial charge is 0.338 e. The molecule has 0 bridgehead atoms. The monoisotopic (exact) mass is 585 g/mol. The summed E-state index contributed by atoms with van der Waals surface area (Å²) in [4.78, 5) is 32.8. The Morgan fingerprint density at radius 1 is 1.15 bits per heavy atom. The summed E-state index contributed by atoms with van der Waals surface area (Å²) in [5, 5.41) is 9.11. The molecule has 0 aliphatic carbocycles. The number of fused-ring (bicyclic) bond motifs is 1. The molecular formula is C31H24ClN3O5S. The zero-order valence-corrected chi connectivity index (χ0v) is 23.7. The number of hydrogen-bond donors (Lipinski definition) is 0. The highest BCUT2D eigenvalue weighted by atomic mass is 35.5. The van der Waals surface area contributed by atoms with Gasteiger partial charge in [0.25, 0.3) is 5.56 Å². The molecule has 3 aromatic carbocycles. The Kier molecular flexibility index (Phi) is 8.34. The molecule has 4 aromatic rings. The standard InChI is InChI=1S/C31H24ClN3O5S/c1-3-39-30(37)25-26(20-10-6-4-7-11-20)34-31-35(27(25)21-12-8-5-9-13-21)29(36)24(41-31)18-19-16-22(32)28(40-15-14-33)23(17-19)38-2/h4-13,16-18,27H,3,15H2,1-2H3/b24-18-/t27-/m1/s1. The number of halogens is 1. The van der Waals surface area contributed by atoms with Crippen molar-refractivity contribution in [2.75, 3.05) is 20.3 Å². The molecule has 1 atom stereocenters. The number of carbonyl (C=O) groups is 1. The first kappa shape index (κ1) is 27.9. The topological polar surface area (TPSA) is 103 Å². The van der Waals surface area contributed by atoms with Crippen LogP contribution >= 0.6 is 22.9 Å². The highest BCUT2D eigenvalue weighted by Crippen LogP contribution is 2.37. The molecule has 10 heteroatoms. The van der Waals surface area contributed by atoms with Crippen molar-refractivity contribution in [2.45, 2.75) is 13.0 Å². The van der Waals surface area contributed by atoms with Crippen LogP contribution in [0.3, 0.4) is 0 Å². The molecule has 1 aromatic heterocycles. The normalized spacial score (nSPS) is 14.6. The molecule has 0 fully saturated rings. The van der Waals surface area contributed by atoms with Crippen molar-refractivity contribution in [1.82, 2.24) is 4.57 Å². The number of rotatable bonds is 8. The summed E-state index contributed by atoms with van der Waals surface area (Å²) in [5.41, 5.74) is 2.48. The lowest BCUT2D eigenvalue weighted by molar-refractivity contribution is -0.138. The van der Waals surface area contributed by atoms with Gasteiger partial charge in [-0.2, -0.15) is 5.26 Å². The molecule has 1 aliphatic rings. The van der Waals surface area contributed by atoms with Crippen molar-refractivity contribution in [3.05, 3.63) is 120 Å². The van der Waals surface area contributed by atoms with Crippen LogP contribution in [0.15, 0.2) is 88.2 Å². The maximum absolute atomic E-state index is 14.0. The van der Waals surface area contributed by atoms with Gasteiger partial charge in [-0.05, 0) is 36.3 Å².